The summed E-state index contributed by atoms with van der Waals surface area (Å²) in [6.07, 6.45) is -1.80. The van der Waals surface area contributed by atoms with E-state index in [1.54, 1.807) is 19.3 Å². The normalized spacial score (nSPS) is 7.85. The molecule has 0 saturated carbocycles. The van der Waals surface area contributed by atoms with Crippen LogP contribution in [-0.4, -0.2) is 76.8 Å². The van der Waals surface area contributed by atoms with Crippen molar-refractivity contribution < 1.29 is 23.9 Å². The Bertz CT molecular complexity index is 145. The molecule has 6 nitrogen and oxygen atoms in total. The summed E-state index contributed by atoms with van der Waals surface area (Å²) in [5.74, 6) is 0. The van der Waals surface area contributed by atoms with Gasteiger partial charge in [-0.15, -0.1) is 5.48 Å². The Hall–Kier alpha value is 0.176. The van der Waals surface area contributed by atoms with E-state index < -0.39 is 12.2 Å². The Morgan fingerprint density at radius 1 is 1.15 bits per heavy atom. The first-order chi connectivity index (χ1) is 5.70. The predicted molar refractivity (Wildman–Crippen MR) is 44.0 cm³/mol. The molecule has 0 aromatic rings. The van der Waals surface area contributed by atoms with Gasteiger partial charge in [0.05, 0.1) is 13.2 Å². The summed E-state index contributed by atoms with van der Waals surface area (Å²) in [5, 5.41) is 0. The van der Waals surface area contributed by atoms with Crippen LogP contribution in [0, 0.1) is 0 Å². The zero-order valence-electron chi connectivity index (χ0n) is 7.96. The first kappa shape index (κ1) is 15.6. The van der Waals surface area contributed by atoms with Gasteiger partial charge in [0.15, 0.2) is 0 Å². The molecule has 7 heteroatoms. The average Bonchev–Trinajstić information content (AvgIpc) is 2.02. The van der Waals surface area contributed by atoms with Crippen LogP contribution < -0.4 is 5.48 Å². The first-order valence-corrected chi connectivity index (χ1v) is 3.47. The largest absolute Gasteiger partial charge is 0.533 e. The Morgan fingerprint density at radius 3 is 2.15 bits per heavy atom. The van der Waals surface area contributed by atoms with Crippen molar-refractivity contribution in [2.24, 2.45) is 0 Å². The van der Waals surface area contributed by atoms with Crippen molar-refractivity contribution in [3.05, 3.63) is 0 Å². The third kappa shape index (κ3) is 10.1. The van der Waals surface area contributed by atoms with Gasteiger partial charge in [0.2, 0.25) is 0 Å². The van der Waals surface area contributed by atoms with Crippen LogP contribution in [0.1, 0.15) is 13.8 Å². The Balaban J connectivity index is 0. The van der Waals surface area contributed by atoms with E-state index in [1.807, 2.05) is 0 Å². The van der Waals surface area contributed by atoms with Crippen LogP contribution in [0.5, 0.6) is 0 Å². The number of ether oxygens (including phenoxy) is 2. The molecule has 1 N–H and O–H groups in total. The van der Waals surface area contributed by atoms with Crippen LogP contribution in [0.25, 0.3) is 0 Å². The molecule has 0 aliphatic rings. The van der Waals surface area contributed by atoms with Crippen molar-refractivity contribution in [3.63, 3.8) is 0 Å². The molecule has 0 atom stereocenters. The molecule has 0 bridgehead atoms. The molecule has 71 valence electrons. The van der Waals surface area contributed by atoms with Gasteiger partial charge in [0, 0.05) is 51.4 Å². The molecule has 0 aromatic carbocycles. The third-order valence-corrected chi connectivity index (χ3v) is 0.755. The van der Waals surface area contributed by atoms with Gasteiger partial charge >= 0.3 is 12.2 Å². The standard InChI is InChI=1S/C6H11NO5.K/c1-3-10-5(8)7-12-6(9)11-4-2;/h3-4H2,1-2H3,(H,7,8);. The van der Waals surface area contributed by atoms with E-state index in [2.05, 4.69) is 14.3 Å². The van der Waals surface area contributed by atoms with E-state index >= 15 is 0 Å². The van der Waals surface area contributed by atoms with Gasteiger partial charge < -0.3 is 14.3 Å². The minimum atomic E-state index is -0.967. The summed E-state index contributed by atoms with van der Waals surface area (Å²) in [6.45, 7) is 3.64. The maximum absolute atomic E-state index is 10.5. The van der Waals surface area contributed by atoms with Gasteiger partial charge in [-0.3, -0.25) is 0 Å². The SMILES string of the molecule is CCOC(=O)NOC(=O)OCC.[K]. The summed E-state index contributed by atoms with van der Waals surface area (Å²) < 4.78 is 8.73. The fourth-order valence-corrected chi connectivity index (χ4v) is 0.391. The van der Waals surface area contributed by atoms with E-state index in [9.17, 15) is 9.59 Å². The van der Waals surface area contributed by atoms with Crippen molar-refractivity contribution in [2.45, 2.75) is 13.8 Å². The van der Waals surface area contributed by atoms with Crippen LogP contribution in [0.4, 0.5) is 9.59 Å². The van der Waals surface area contributed by atoms with Crippen molar-refractivity contribution in [3.8, 4) is 0 Å². The molecule has 0 unspecified atom stereocenters. The van der Waals surface area contributed by atoms with Crippen molar-refractivity contribution in [1.29, 1.82) is 0 Å². The van der Waals surface area contributed by atoms with E-state index in [1.165, 1.54) is 0 Å². The molecular formula is C6H11KNO5. The van der Waals surface area contributed by atoms with Crippen LogP contribution >= 0.6 is 0 Å². The van der Waals surface area contributed by atoms with Crippen LogP contribution in [0.2, 0.25) is 0 Å². The number of nitrogens with one attached hydrogen (secondary N) is 1. The Kier molecular flexibility index (Phi) is 12.3. The molecule has 13 heavy (non-hydrogen) atoms. The summed E-state index contributed by atoms with van der Waals surface area (Å²) in [5.41, 5.74) is 1.73. The number of rotatable bonds is 2. The quantitative estimate of drug-likeness (QED) is 0.412. The molecule has 0 aromatic heterocycles. The summed E-state index contributed by atoms with van der Waals surface area (Å²) in [4.78, 5) is 25.0. The number of hydrogen-bond acceptors (Lipinski definition) is 5. The number of carbonyl (C=O) groups excluding carboxylic acids is 2. The average molecular weight is 216 g/mol. The summed E-state index contributed by atoms with van der Waals surface area (Å²) in [7, 11) is 0. The number of hydrogen-bond donors (Lipinski definition) is 1. The van der Waals surface area contributed by atoms with Gasteiger partial charge in [0.1, 0.15) is 0 Å². The summed E-state index contributed by atoms with van der Waals surface area (Å²) in [6, 6.07) is 0. The molecule has 1 amide bonds. The van der Waals surface area contributed by atoms with Crippen LogP contribution in [0.3, 0.4) is 0 Å². The van der Waals surface area contributed by atoms with E-state index in [0.29, 0.717) is 0 Å². The predicted octanol–water partition coefficient (Wildman–Crippen LogP) is 0.440. The van der Waals surface area contributed by atoms with Crippen molar-refractivity contribution >= 4 is 63.6 Å². The number of hydroxylamine groups is 1. The molecule has 0 heterocycles. The Morgan fingerprint density at radius 2 is 1.69 bits per heavy atom. The Labute approximate surface area is 119 Å². The second-order valence-electron chi connectivity index (χ2n) is 1.61. The molecule has 0 saturated heterocycles. The monoisotopic (exact) mass is 216 g/mol. The second kappa shape index (κ2) is 10.3. The fraction of sp³-hybridized carbons (Fsp3) is 0.667. The van der Waals surface area contributed by atoms with E-state index in [4.69, 9.17) is 0 Å². The molecule has 0 aliphatic carbocycles. The van der Waals surface area contributed by atoms with Gasteiger partial charge in [-0.25, -0.2) is 9.59 Å². The minimum absolute atomic E-state index is 0. The van der Waals surface area contributed by atoms with Crippen LogP contribution in [0.15, 0.2) is 0 Å². The van der Waals surface area contributed by atoms with Gasteiger partial charge in [-0.05, 0) is 13.8 Å². The van der Waals surface area contributed by atoms with Gasteiger partial charge in [-0.2, -0.15) is 0 Å². The molecular weight excluding hydrogens is 205 g/mol. The van der Waals surface area contributed by atoms with Crippen LogP contribution in [-0.2, 0) is 14.3 Å². The molecule has 1 radical (unpaired) electrons. The minimum Gasteiger partial charge on any atom is -0.448 e. The van der Waals surface area contributed by atoms with E-state index in [-0.39, 0.29) is 64.6 Å². The molecule has 0 fully saturated rings. The van der Waals surface area contributed by atoms with Crippen molar-refractivity contribution in [2.75, 3.05) is 13.2 Å². The van der Waals surface area contributed by atoms with E-state index in [0.717, 1.165) is 0 Å². The number of amides is 1. The fourth-order valence-electron chi connectivity index (χ4n) is 0.391. The van der Waals surface area contributed by atoms with Gasteiger partial charge in [0.25, 0.3) is 0 Å². The van der Waals surface area contributed by atoms with Gasteiger partial charge in [-0.1, -0.05) is 0 Å². The zero-order valence-corrected chi connectivity index (χ0v) is 11.1. The molecule has 0 aliphatic heterocycles. The second-order valence-corrected chi connectivity index (χ2v) is 1.61. The molecule has 0 rings (SSSR count). The topological polar surface area (TPSA) is 73.9 Å². The van der Waals surface area contributed by atoms with Crippen molar-refractivity contribution in [1.82, 2.24) is 5.48 Å². The summed E-state index contributed by atoms with van der Waals surface area (Å²) >= 11 is 0. The molecule has 0 spiro atoms. The maximum atomic E-state index is 10.5. The number of carbonyl (C=O) groups is 2. The zero-order chi connectivity index (χ0) is 9.40. The first-order valence-electron chi connectivity index (χ1n) is 3.47. The maximum Gasteiger partial charge on any atom is 0.533 e. The smallest absolute Gasteiger partial charge is 0.448 e. The third-order valence-electron chi connectivity index (χ3n) is 0.755.